The van der Waals surface area contributed by atoms with Crippen LogP contribution in [0.25, 0.3) is 0 Å². The van der Waals surface area contributed by atoms with Gasteiger partial charge in [0, 0.05) is 0 Å². The average Bonchev–Trinajstić information content (AvgIpc) is 1.86. The summed E-state index contributed by atoms with van der Waals surface area (Å²) in [6.07, 6.45) is 1.39. The first kappa shape index (κ1) is 11.0. The van der Waals surface area contributed by atoms with Crippen LogP contribution >= 0.6 is 0 Å². The lowest BCUT2D eigenvalue weighted by atomic mass is 9.89. The molecule has 0 fully saturated rings. The van der Waals surface area contributed by atoms with Crippen molar-refractivity contribution < 1.29 is 9.59 Å². The smallest absolute Gasteiger partial charge is 0.161 e. The third-order valence-electron chi connectivity index (χ3n) is 2.07. The summed E-state index contributed by atoms with van der Waals surface area (Å²) < 4.78 is 0. The molecule has 0 atom stereocenters. The van der Waals surface area contributed by atoms with E-state index in [9.17, 15) is 9.59 Å². The molecule has 0 saturated heterocycles. The van der Waals surface area contributed by atoms with Gasteiger partial charge in [-0.3, -0.25) is 14.5 Å². The van der Waals surface area contributed by atoms with E-state index in [0.717, 1.165) is 0 Å². The van der Waals surface area contributed by atoms with Gasteiger partial charge in [-0.05, 0) is 27.9 Å². The van der Waals surface area contributed by atoms with Gasteiger partial charge >= 0.3 is 0 Å². The third-order valence-corrected chi connectivity index (χ3v) is 2.07. The molecular weight excluding hydrogens is 154 g/mol. The summed E-state index contributed by atoms with van der Waals surface area (Å²) in [5.41, 5.74) is -1.14. The molecule has 0 radical (unpaired) electrons. The van der Waals surface area contributed by atoms with Crippen LogP contribution in [0.4, 0.5) is 0 Å². The minimum Gasteiger partial charge on any atom is -0.297 e. The van der Waals surface area contributed by atoms with Crippen LogP contribution in [0, 0.1) is 0 Å². The molecule has 3 heteroatoms. The maximum absolute atomic E-state index is 11.2. The Labute approximate surface area is 73.1 Å². The Morgan fingerprint density at radius 2 is 1.58 bits per heavy atom. The number of likely N-dealkylation sites (N-methyl/N-ethyl adjacent to an activating group) is 1. The maximum Gasteiger partial charge on any atom is 0.161 e. The van der Waals surface area contributed by atoms with Crippen LogP contribution in [-0.4, -0.2) is 36.1 Å². The van der Waals surface area contributed by atoms with Gasteiger partial charge in [0.05, 0.1) is 0 Å². The Morgan fingerprint density at radius 1 is 1.25 bits per heavy atom. The van der Waals surface area contributed by atoms with Gasteiger partial charge in [-0.2, -0.15) is 0 Å². The number of carbonyl (C=O) groups excluding carboxylic acids is 2. The van der Waals surface area contributed by atoms with E-state index in [4.69, 9.17) is 0 Å². The summed E-state index contributed by atoms with van der Waals surface area (Å²) >= 11 is 0. The highest BCUT2D eigenvalue weighted by Crippen LogP contribution is 2.16. The van der Waals surface area contributed by atoms with Gasteiger partial charge in [-0.15, -0.1) is 6.58 Å². The highest BCUT2D eigenvalue weighted by atomic mass is 16.2. The van der Waals surface area contributed by atoms with E-state index in [2.05, 4.69) is 6.58 Å². The Hall–Kier alpha value is -0.960. The molecule has 68 valence electrons. The molecule has 0 aliphatic rings. The molecule has 0 aromatic heterocycles. The predicted molar refractivity (Wildman–Crippen MR) is 48.0 cm³/mol. The molecule has 0 unspecified atom stereocenters. The van der Waals surface area contributed by atoms with Gasteiger partial charge in [-0.25, -0.2) is 0 Å². The number of ketones is 2. The van der Waals surface area contributed by atoms with E-state index in [1.165, 1.54) is 19.9 Å². The molecule has 0 spiro atoms. The maximum atomic E-state index is 11.2. The molecule has 0 aliphatic carbocycles. The lowest BCUT2D eigenvalue weighted by Crippen LogP contribution is -2.53. The van der Waals surface area contributed by atoms with E-state index >= 15 is 0 Å². The summed E-state index contributed by atoms with van der Waals surface area (Å²) in [4.78, 5) is 24.1. The monoisotopic (exact) mass is 169 g/mol. The second-order valence-electron chi connectivity index (χ2n) is 2.98. The average molecular weight is 169 g/mol. The van der Waals surface area contributed by atoms with Crippen LogP contribution in [0.5, 0.6) is 0 Å². The van der Waals surface area contributed by atoms with Crippen LogP contribution in [0.15, 0.2) is 12.7 Å². The molecule has 0 amide bonds. The number of rotatable bonds is 4. The van der Waals surface area contributed by atoms with Crippen molar-refractivity contribution in [3.05, 3.63) is 12.7 Å². The van der Waals surface area contributed by atoms with Gasteiger partial charge in [0.15, 0.2) is 17.1 Å². The molecule has 0 rings (SSSR count). The standard InChI is InChI=1S/C9H15NO2/c1-6-9(7(2)11,8(3)12)10(4)5/h6H,1H2,2-5H3. The first-order valence-electron chi connectivity index (χ1n) is 3.72. The number of carbonyl (C=O) groups is 2. The number of hydrogen-bond donors (Lipinski definition) is 0. The molecule has 12 heavy (non-hydrogen) atoms. The van der Waals surface area contributed by atoms with Gasteiger partial charge in [0.25, 0.3) is 0 Å². The highest BCUT2D eigenvalue weighted by Gasteiger charge is 2.39. The Balaban J connectivity index is 5.18. The van der Waals surface area contributed by atoms with Crippen molar-refractivity contribution in [3.63, 3.8) is 0 Å². The van der Waals surface area contributed by atoms with Crippen LogP contribution in [0.1, 0.15) is 13.8 Å². The number of Topliss-reactive ketones (excluding diaryl/α,β-unsaturated/α-hetero) is 2. The van der Waals surface area contributed by atoms with E-state index in [0.29, 0.717) is 0 Å². The van der Waals surface area contributed by atoms with Crippen LogP contribution < -0.4 is 0 Å². The predicted octanol–water partition coefficient (Wildman–Crippen LogP) is 0.651. The zero-order valence-electron chi connectivity index (χ0n) is 8.05. The first-order valence-corrected chi connectivity index (χ1v) is 3.72. The van der Waals surface area contributed by atoms with Crippen LogP contribution in [0.3, 0.4) is 0 Å². The zero-order valence-corrected chi connectivity index (χ0v) is 8.05. The lowest BCUT2D eigenvalue weighted by Gasteiger charge is -2.31. The fourth-order valence-corrected chi connectivity index (χ4v) is 1.35. The molecule has 0 aromatic rings. The largest absolute Gasteiger partial charge is 0.297 e. The Bertz CT molecular complexity index is 205. The van der Waals surface area contributed by atoms with Crippen molar-refractivity contribution in [2.45, 2.75) is 19.4 Å². The fraction of sp³-hybridized carbons (Fsp3) is 0.556. The zero-order chi connectivity index (χ0) is 9.94. The fourth-order valence-electron chi connectivity index (χ4n) is 1.35. The van der Waals surface area contributed by atoms with Crippen molar-refractivity contribution in [3.8, 4) is 0 Å². The van der Waals surface area contributed by atoms with Gasteiger partial charge in [-0.1, -0.05) is 6.08 Å². The minimum absolute atomic E-state index is 0.199. The summed E-state index contributed by atoms with van der Waals surface area (Å²) in [5, 5.41) is 0. The lowest BCUT2D eigenvalue weighted by molar-refractivity contribution is -0.136. The molecular formula is C9H15NO2. The minimum atomic E-state index is -1.14. The van der Waals surface area contributed by atoms with E-state index < -0.39 is 5.54 Å². The van der Waals surface area contributed by atoms with Crippen molar-refractivity contribution in [2.24, 2.45) is 0 Å². The summed E-state index contributed by atoms with van der Waals surface area (Å²) in [7, 11) is 3.37. The van der Waals surface area contributed by atoms with E-state index in [1.807, 2.05) is 0 Å². The molecule has 0 bridgehead atoms. The molecule has 0 heterocycles. The third kappa shape index (κ3) is 1.46. The van der Waals surface area contributed by atoms with Crippen molar-refractivity contribution in [2.75, 3.05) is 14.1 Å². The quantitative estimate of drug-likeness (QED) is 0.458. The molecule has 0 aromatic carbocycles. The first-order chi connectivity index (χ1) is 5.39. The SMILES string of the molecule is C=CC(C(C)=O)(C(C)=O)N(C)C. The summed E-state index contributed by atoms with van der Waals surface area (Å²) in [5.74, 6) is -0.398. The second-order valence-corrected chi connectivity index (χ2v) is 2.98. The number of hydrogen-bond acceptors (Lipinski definition) is 3. The number of nitrogens with zero attached hydrogens (tertiary/aromatic N) is 1. The van der Waals surface area contributed by atoms with Crippen LogP contribution in [0.2, 0.25) is 0 Å². The normalized spacial score (nSPS) is 11.4. The van der Waals surface area contributed by atoms with E-state index in [-0.39, 0.29) is 11.6 Å². The Morgan fingerprint density at radius 3 is 1.58 bits per heavy atom. The van der Waals surface area contributed by atoms with Crippen molar-refractivity contribution in [1.29, 1.82) is 0 Å². The molecule has 0 saturated carbocycles. The molecule has 0 aliphatic heterocycles. The Kier molecular flexibility index (Phi) is 3.34. The summed E-state index contributed by atoms with van der Waals surface area (Å²) in [6.45, 7) is 6.30. The van der Waals surface area contributed by atoms with Gasteiger partial charge < -0.3 is 0 Å². The van der Waals surface area contributed by atoms with Gasteiger partial charge in [0.2, 0.25) is 0 Å². The van der Waals surface area contributed by atoms with Crippen molar-refractivity contribution in [1.82, 2.24) is 4.90 Å². The van der Waals surface area contributed by atoms with E-state index in [1.54, 1.807) is 19.0 Å². The topological polar surface area (TPSA) is 37.4 Å². The highest BCUT2D eigenvalue weighted by molar-refractivity contribution is 6.11. The molecule has 3 nitrogen and oxygen atoms in total. The van der Waals surface area contributed by atoms with Gasteiger partial charge in [0.1, 0.15) is 0 Å². The summed E-state index contributed by atoms with van der Waals surface area (Å²) in [6, 6.07) is 0. The molecule has 0 N–H and O–H groups in total. The second kappa shape index (κ2) is 3.63. The van der Waals surface area contributed by atoms with Crippen molar-refractivity contribution >= 4 is 11.6 Å². The van der Waals surface area contributed by atoms with Crippen LogP contribution in [-0.2, 0) is 9.59 Å².